The van der Waals surface area contributed by atoms with Crippen molar-refractivity contribution in [2.75, 3.05) is 17.9 Å². The number of hydrogen-bond donors (Lipinski definition) is 0. The molecular weight excluding hydrogens is 432 g/mol. The Morgan fingerprint density at radius 1 is 0.903 bits per heavy atom. The first-order valence-corrected chi connectivity index (χ1v) is 11.6. The largest absolute Gasteiger partial charge is 0.340 e. The van der Waals surface area contributed by atoms with E-state index in [2.05, 4.69) is 0 Å². The fraction of sp³-hybridized carbons (Fsp3) is 0.208. The van der Waals surface area contributed by atoms with Gasteiger partial charge in [-0.1, -0.05) is 59.6 Å². The number of carbonyl (C=O) groups excluding carboxylic acids is 1. The molecule has 162 valence electrons. The predicted octanol–water partition coefficient (Wildman–Crippen LogP) is 4.81. The molecule has 0 fully saturated rings. The van der Waals surface area contributed by atoms with Crippen LogP contribution in [0.3, 0.4) is 0 Å². The molecule has 0 radical (unpaired) electrons. The molecule has 0 aliphatic heterocycles. The summed E-state index contributed by atoms with van der Waals surface area (Å²) in [6, 6.07) is 21.0. The molecule has 0 saturated carbocycles. The fourth-order valence-corrected chi connectivity index (χ4v) is 4.78. The van der Waals surface area contributed by atoms with Gasteiger partial charge in [-0.05, 0) is 55.3 Å². The molecule has 3 aromatic rings. The highest BCUT2D eigenvalue weighted by Crippen LogP contribution is 2.27. The van der Waals surface area contributed by atoms with Crippen molar-refractivity contribution >= 4 is 33.2 Å². The number of para-hydroxylation sites is 1. The summed E-state index contributed by atoms with van der Waals surface area (Å²) in [5.74, 6) is -0.311. The number of likely N-dealkylation sites (N-methyl/N-ethyl adjacent to an activating group) is 1. The third-order valence-corrected chi connectivity index (χ3v) is 7.06. The van der Waals surface area contributed by atoms with Gasteiger partial charge in [0.25, 0.3) is 10.0 Å². The van der Waals surface area contributed by atoms with Crippen molar-refractivity contribution in [1.82, 2.24) is 4.90 Å². The van der Waals surface area contributed by atoms with E-state index in [1.54, 1.807) is 55.6 Å². The second-order valence-corrected chi connectivity index (χ2v) is 9.79. The van der Waals surface area contributed by atoms with E-state index >= 15 is 0 Å². The zero-order valence-electron chi connectivity index (χ0n) is 17.7. The molecule has 0 aliphatic rings. The van der Waals surface area contributed by atoms with Crippen LogP contribution in [0.2, 0.25) is 5.02 Å². The highest BCUT2D eigenvalue weighted by atomic mass is 35.5. The Hall–Kier alpha value is -2.83. The van der Waals surface area contributed by atoms with Gasteiger partial charge in [0.2, 0.25) is 5.91 Å². The van der Waals surface area contributed by atoms with Crippen molar-refractivity contribution in [1.29, 1.82) is 0 Å². The summed E-state index contributed by atoms with van der Waals surface area (Å²) in [6.45, 7) is 3.77. The summed E-state index contributed by atoms with van der Waals surface area (Å²) < 4.78 is 28.2. The second kappa shape index (κ2) is 9.54. The molecule has 0 saturated heterocycles. The van der Waals surface area contributed by atoms with Crippen molar-refractivity contribution in [3.63, 3.8) is 0 Å². The monoisotopic (exact) mass is 456 g/mol. The van der Waals surface area contributed by atoms with Crippen LogP contribution in [-0.2, 0) is 21.4 Å². The zero-order valence-corrected chi connectivity index (χ0v) is 19.3. The average Bonchev–Trinajstić information content (AvgIpc) is 2.74. The summed E-state index contributed by atoms with van der Waals surface area (Å²) in [5.41, 5.74) is 3.12. The molecule has 0 heterocycles. The van der Waals surface area contributed by atoms with E-state index in [0.717, 1.165) is 16.7 Å². The van der Waals surface area contributed by atoms with Crippen LogP contribution >= 0.6 is 11.6 Å². The van der Waals surface area contributed by atoms with Crippen LogP contribution in [0.15, 0.2) is 77.7 Å². The minimum absolute atomic E-state index is 0.148. The Morgan fingerprint density at radius 3 is 2.13 bits per heavy atom. The first kappa shape index (κ1) is 22.8. The number of nitrogens with zero attached hydrogens (tertiary/aromatic N) is 2. The number of carbonyl (C=O) groups is 1. The quantitative estimate of drug-likeness (QED) is 0.512. The van der Waals surface area contributed by atoms with Gasteiger partial charge < -0.3 is 4.90 Å². The normalized spacial score (nSPS) is 11.2. The van der Waals surface area contributed by atoms with E-state index in [-0.39, 0.29) is 17.3 Å². The Morgan fingerprint density at radius 2 is 1.52 bits per heavy atom. The Labute approximate surface area is 188 Å². The molecule has 0 aliphatic carbocycles. The van der Waals surface area contributed by atoms with Crippen molar-refractivity contribution in [2.24, 2.45) is 0 Å². The number of hydrogen-bond acceptors (Lipinski definition) is 3. The number of rotatable bonds is 7. The summed E-state index contributed by atoms with van der Waals surface area (Å²) in [4.78, 5) is 14.7. The van der Waals surface area contributed by atoms with Crippen LogP contribution in [0.5, 0.6) is 0 Å². The summed E-state index contributed by atoms with van der Waals surface area (Å²) in [6.07, 6.45) is 0. The molecule has 31 heavy (non-hydrogen) atoms. The maximum Gasteiger partial charge on any atom is 0.264 e. The zero-order chi connectivity index (χ0) is 22.6. The highest BCUT2D eigenvalue weighted by Gasteiger charge is 2.29. The van der Waals surface area contributed by atoms with Gasteiger partial charge in [0.05, 0.1) is 10.6 Å². The van der Waals surface area contributed by atoms with E-state index in [4.69, 9.17) is 11.6 Å². The van der Waals surface area contributed by atoms with Crippen LogP contribution in [-0.4, -0.2) is 32.8 Å². The molecule has 0 aromatic heterocycles. The molecule has 0 bridgehead atoms. The average molecular weight is 457 g/mol. The lowest BCUT2D eigenvalue weighted by molar-refractivity contribution is -0.128. The van der Waals surface area contributed by atoms with Gasteiger partial charge in [-0.25, -0.2) is 8.42 Å². The van der Waals surface area contributed by atoms with Gasteiger partial charge in [0, 0.05) is 18.6 Å². The number of anilines is 1. The number of sulfonamides is 1. The lowest BCUT2D eigenvalue weighted by Crippen LogP contribution is -2.41. The molecule has 0 atom stereocenters. The fourth-order valence-electron chi connectivity index (χ4n) is 3.18. The molecule has 5 nitrogen and oxygen atoms in total. The highest BCUT2D eigenvalue weighted by molar-refractivity contribution is 7.92. The maximum absolute atomic E-state index is 13.5. The van der Waals surface area contributed by atoms with Crippen molar-refractivity contribution in [3.8, 4) is 0 Å². The first-order chi connectivity index (χ1) is 14.7. The maximum atomic E-state index is 13.5. The Kier molecular flexibility index (Phi) is 7.03. The topological polar surface area (TPSA) is 57.7 Å². The van der Waals surface area contributed by atoms with Gasteiger partial charge in [-0.3, -0.25) is 9.10 Å². The third kappa shape index (κ3) is 5.46. The van der Waals surface area contributed by atoms with Crippen molar-refractivity contribution < 1.29 is 13.2 Å². The molecular formula is C24H25ClN2O3S. The SMILES string of the molecule is Cc1ccc(S(=O)(=O)N(CC(=O)N(C)Cc2ccc(Cl)cc2)c2ccccc2C)cc1. The molecule has 0 N–H and O–H groups in total. The van der Waals surface area contributed by atoms with E-state index in [0.29, 0.717) is 17.3 Å². The standard InChI is InChI=1S/C24H25ClN2O3S/c1-18-8-14-22(15-9-18)31(29,30)27(23-7-5-4-6-19(23)2)17-24(28)26(3)16-20-10-12-21(25)13-11-20/h4-15H,16-17H2,1-3H3. The van der Waals surface area contributed by atoms with Gasteiger partial charge in [0.15, 0.2) is 0 Å². The minimum atomic E-state index is -3.93. The molecule has 7 heteroatoms. The number of amides is 1. The molecule has 0 unspecified atom stereocenters. The summed E-state index contributed by atoms with van der Waals surface area (Å²) >= 11 is 5.93. The van der Waals surface area contributed by atoms with E-state index in [1.807, 2.05) is 38.1 Å². The van der Waals surface area contributed by atoms with Crippen LogP contribution in [0.4, 0.5) is 5.69 Å². The number of benzene rings is 3. The molecule has 3 rings (SSSR count). The molecule has 1 amide bonds. The smallest absolute Gasteiger partial charge is 0.264 e. The summed E-state index contributed by atoms with van der Waals surface area (Å²) in [5, 5.41) is 0.618. The van der Waals surface area contributed by atoms with Crippen LogP contribution < -0.4 is 4.31 Å². The second-order valence-electron chi connectivity index (χ2n) is 7.49. The van der Waals surface area contributed by atoms with E-state index < -0.39 is 10.0 Å². The predicted molar refractivity (Wildman–Crippen MR) is 125 cm³/mol. The first-order valence-electron chi connectivity index (χ1n) is 9.82. The Bertz CT molecular complexity index is 1160. The Balaban J connectivity index is 1.91. The number of aryl methyl sites for hydroxylation is 2. The lowest BCUT2D eigenvalue weighted by atomic mass is 10.2. The minimum Gasteiger partial charge on any atom is -0.340 e. The van der Waals surface area contributed by atoms with Crippen LogP contribution in [0.1, 0.15) is 16.7 Å². The van der Waals surface area contributed by atoms with Gasteiger partial charge in [0.1, 0.15) is 6.54 Å². The number of halogens is 1. The van der Waals surface area contributed by atoms with Crippen molar-refractivity contribution in [2.45, 2.75) is 25.3 Å². The molecule has 0 spiro atoms. The van der Waals surface area contributed by atoms with Gasteiger partial charge in [-0.2, -0.15) is 0 Å². The van der Waals surface area contributed by atoms with E-state index in [9.17, 15) is 13.2 Å². The third-order valence-electron chi connectivity index (χ3n) is 5.03. The van der Waals surface area contributed by atoms with Crippen LogP contribution in [0.25, 0.3) is 0 Å². The van der Waals surface area contributed by atoms with E-state index in [1.165, 1.54) is 9.21 Å². The molecule has 3 aromatic carbocycles. The van der Waals surface area contributed by atoms with Crippen LogP contribution in [0, 0.1) is 13.8 Å². The van der Waals surface area contributed by atoms with Crippen molar-refractivity contribution in [3.05, 3.63) is 94.5 Å². The van der Waals surface area contributed by atoms with Gasteiger partial charge in [-0.15, -0.1) is 0 Å². The van der Waals surface area contributed by atoms with Gasteiger partial charge >= 0.3 is 0 Å². The summed E-state index contributed by atoms with van der Waals surface area (Å²) in [7, 11) is -2.27. The lowest BCUT2D eigenvalue weighted by Gasteiger charge is -2.28.